The van der Waals surface area contributed by atoms with Crippen molar-refractivity contribution in [3.8, 4) is 5.75 Å². The van der Waals surface area contributed by atoms with E-state index in [1.807, 2.05) is 24.3 Å². The van der Waals surface area contributed by atoms with Crippen LogP contribution in [0.2, 0.25) is 0 Å². The van der Waals surface area contributed by atoms with Gasteiger partial charge in [-0.2, -0.15) is 0 Å². The summed E-state index contributed by atoms with van der Waals surface area (Å²) < 4.78 is 7.32. The summed E-state index contributed by atoms with van der Waals surface area (Å²) in [4.78, 5) is 2.41. The average Bonchev–Trinajstić information content (AvgIpc) is 3.12. The molecule has 0 fully saturated rings. The van der Waals surface area contributed by atoms with E-state index in [4.69, 9.17) is 4.74 Å². The molecule has 0 aromatic heterocycles. The van der Waals surface area contributed by atoms with Gasteiger partial charge in [-0.1, -0.05) is 76.6 Å². The normalized spacial score (nSPS) is 13.9. The maximum Gasteiger partial charge on any atom is 0.143 e. The highest BCUT2D eigenvalue weighted by molar-refractivity contribution is 9.10. The lowest BCUT2D eigenvalue weighted by molar-refractivity contribution is 0.306. The van der Waals surface area contributed by atoms with Crippen LogP contribution in [0.3, 0.4) is 0 Å². The molecule has 0 radical (unpaired) electrons. The van der Waals surface area contributed by atoms with E-state index >= 15 is 0 Å². The van der Waals surface area contributed by atoms with Crippen molar-refractivity contribution < 1.29 is 4.74 Å². The molecule has 0 amide bonds. The molecule has 3 heteroatoms. The van der Waals surface area contributed by atoms with Gasteiger partial charge in [0.05, 0.1) is 11.7 Å². The first-order valence-electron chi connectivity index (χ1n) is 9.19. The third-order valence-corrected chi connectivity index (χ3v) is 5.47. The van der Waals surface area contributed by atoms with Crippen molar-refractivity contribution >= 4 is 21.6 Å². The van der Waals surface area contributed by atoms with Crippen molar-refractivity contribution in [3.63, 3.8) is 0 Å². The molecule has 1 atom stereocenters. The highest BCUT2D eigenvalue weighted by atomic mass is 79.9. The molecule has 0 bridgehead atoms. The zero-order chi connectivity index (χ0) is 18.6. The summed E-state index contributed by atoms with van der Waals surface area (Å²) in [6.07, 6.45) is 3.04. The summed E-state index contributed by atoms with van der Waals surface area (Å²) in [7, 11) is 0. The summed E-state index contributed by atoms with van der Waals surface area (Å²) >= 11 is 3.59. The molecular weight excluding hydrogens is 398 g/mol. The first kappa shape index (κ1) is 17.9. The Hall–Kier alpha value is -2.52. The second-order valence-electron chi connectivity index (χ2n) is 6.72. The topological polar surface area (TPSA) is 12.5 Å². The Morgan fingerprint density at radius 3 is 2.63 bits per heavy atom. The van der Waals surface area contributed by atoms with Gasteiger partial charge in [-0.3, -0.25) is 0 Å². The van der Waals surface area contributed by atoms with Crippen LogP contribution >= 0.6 is 15.9 Å². The van der Waals surface area contributed by atoms with Gasteiger partial charge in [-0.15, -0.1) is 6.58 Å². The molecule has 0 saturated carbocycles. The third-order valence-electron chi connectivity index (χ3n) is 4.98. The molecule has 0 unspecified atom stereocenters. The zero-order valence-electron chi connectivity index (χ0n) is 15.1. The SMILES string of the molecule is C=C[C@H](c1cccc(Br)c1)N1CCc2cccc(OCc3ccccc3)c21. The van der Waals surface area contributed by atoms with Crippen LogP contribution < -0.4 is 9.64 Å². The van der Waals surface area contributed by atoms with E-state index in [2.05, 4.69) is 82.0 Å². The molecule has 27 heavy (non-hydrogen) atoms. The number of hydrogen-bond acceptors (Lipinski definition) is 2. The second kappa shape index (κ2) is 8.01. The maximum atomic E-state index is 6.23. The van der Waals surface area contributed by atoms with Gasteiger partial charge in [-0.25, -0.2) is 0 Å². The molecule has 136 valence electrons. The van der Waals surface area contributed by atoms with Crippen molar-refractivity contribution in [2.24, 2.45) is 0 Å². The average molecular weight is 420 g/mol. The van der Waals surface area contributed by atoms with E-state index in [9.17, 15) is 0 Å². The van der Waals surface area contributed by atoms with Gasteiger partial charge in [0.1, 0.15) is 12.4 Å². The van der Waals surface area contributed by atoms with Gasteiger partial charge in [0, 0.05) is 11.0 Å². The summed E-state index contributed by atoms with van der Waals surface area (Å²) in [6, 6.07) is 25.2. The number of hydrogen-bond donors (Lipinski definition) is 0. The highest BCUT2D eigenvalue weighted by Crippen LogP contribution is 2.42. The van der Waals surface area contributed by atoms with Crippen molar-refractivity contribution in [1.82, 2.24) is 0 Å². The van der Waals surface area contributed by atoms with E-state index in [1.54, 1.807) is 0 Å². The number of fused-ring (bicyclic) bond motifs is 1. The number of para-hydroxylation sites is 1. The number of nitrogens with zero attached hydrogens (tertiary/aromatic N) is 1. The van der Waals surface area contributed by atoms with Gasteiger partial charge >= 0.3 is 0 Å². The van der Waals surface area contributed by atoms with Crippen molar-refractivity contribution in [1.29, 1.82) is 0 Å². The number of halogens is 1. The number of benzene rings is 3. The molecule has 4 rings (SSSR count). The fourth-order valence-corrected chi connectivity index (χ4v) is 4.13. The van der Waals surface area contributed by atoms with Crippen LogP contribution in [0.1, 0.15) is 22.7 Å². The lowest BCUT2D eigenvalue weighted by Crippen LogP contribution is -2.25. The first-order chi connectivity index (χ1) is 13.3. The molecule has 3 aromatic carbocycles. The Kier molecular flexibility index (Phi) is 5.30. The molecule has 0 aliphatic carbocycles. The minimum Gasteiger partial charge on any atom is -0.487 e. The molecule has 3 aromatic rings. The van der Waals surface area contributed by atoms with Gasteiger partial charge < -0.3 is 9.64 Å². The van der Waals surface area contributed by atoms with Gasteiger partial charge in [0.15, 0.2) is 0 Å². The standard InChI is InChI=1S/C24H22BrNO/c1-2-22(20-11-6-12-21(25)16-20)26-15-14-19-10-7-13-23(24(19)26)27-17-18-8-4-3-5-9-18/h2-13,16,22H,1,14-15,17H2/t22-/m1/s1. The van der Waals surface area contributed by atoms with E-state index < -0.39 is 0 Å². The molecule has 0 N–H and O–H groups in total. The summed E-state index contributed by atoms with van der Waals surface area (Å²) in [5.41, 5.74) is 4.93. The first-order valence-corrected chi connectivity index (χ1v) is 9.99. The monoisotopic (exact) mass is 419 g/mol. The summed E-state index contributed by atoms with van der Waals surface area (Å²) in [5.74, 6) is 0.940. The van der Waals surface area contributed by atoms with Crippen LogP contribution in [0.5, 0.6) is 5.75 Å². The summed E-state index contributed by atoms with van der Waals surface area (Å²) in [6.45, 7) is 5.64. The van der Waals surface area contributed by atoms with E-state index in [0.717, 1.165) is 23.2 Å². The number of anilines is 1. The zero-order valence-corrected chi connectivity index (χ0v) is 16.7. The molecule has 2 nitrogen and oxygen atoms in total. The molecular formula is C24H22BrNO. The van der Waals surface area contributed by atoms with Crippen LogP contribution in [0.4, 0.5) is 5.69 Å². The van der Waals surface area contributed by atoms with Crippen LogP contribution in [-0.2, 0) is 13.0 Å². The van der Waals surface area contributed by atoms with Crippen LogP contribution in [0, 0.1) is 0 Å². The molecule has 1 heterocycles. The van der Waals surface area contributed by atoms with Gasteiger partial charge in [0.2, 0.25) is 0 Å². The third kappa shape index (κ3) is 3.79. The molecule has 0 spiro atoms. The van der Waals surface area contributed by atoms with Crippen LogP contribution in [-0.4, -0.2) is 6.54 Å². The van der Waals surface area contributed by atoms with E-state index in [-0.39, 0.29) is 6.04 Å². The molecule has 1 aliphatic rings. The van der Waals surface area contributed by atoms with E-state index in [1.165, 1.54) is 22.4 Å². The quantitative estimate of drug-likeness (QED) is 0.433. The largest absolute Gasteiger partial charge is 0.487 e. The Morgan fingerprint density at radius 2 is 1.85 bits per heavy atom. The van der Waals surface area contributed by atoms with Crippen molar-refractivity contribution in [2.45, 2.75) is 19.1 Å². The Balaban J connectivity index is 1.64. The van der Waals surface area contributed by atoms with Crippen molar-refractivity contribution in [3.05, 3.63) is 107 Å². The minimum absolute atomic E-state index is 0.116. The van der Waals surface area contributed by atoms with Gasteiger partial charge in [-0.05, 0) is 41.3 Å². The smallest absolute Gasteiger partial charge is 0.143 e. The fraction of sp³-hybridized carbons (Fsp3) is 0.167. The van der Waals surface area contributed by atoms with Crippen LogP contribution in [0.25, 0.3) is 0 Å². The van der Waals surface area contributed by atoms with Crippen LogP contribution in [0.15, 0.2) is 89.9 Å². The molecule has 0 saturated heterocycles. The minimum atomic E-state index is 0.116. The lowest BCUT2D eigenvalue weighted by Gasteiger charge is -2.30. The van der Waals surface area contributed by atoms with E-state index in [0.29, 0.717) is 6.61 Å². The Labute approximate surface area is 169 Å². The number of ether oxygens (including phenoxy) is 1. The summed E-state index contributed by atoms with van der Waals surface area (Å²) in [5, 5.41) is 0. The van der Waals surface area contributed by atoms with Crippen molar-refractivity contribution in [2.75, 3.05) is 11.4 Å². The second-order valence-corrected chi connectivity index (χ2v) is 7.63. The fourth-order valence-electron chi connectivity index (χ4n) is 3.71. The number of rotatable bonds is 6. The Morgan fingerprint density at radius 1 is 1.04 bits per heavy atom. The highest BCUT2D eigenvalue weighted by Gasteiger charge is 2.28. The predicted octanol–water partition coefficient (Wildman–Crippen LogP) is 6.32. The predicted molar refractivity (Wildman–Crippen MR) is 115 cm³/mol. The maximum absolute atomic E-state index is 6.23. The molecule has 1 aliphatic heterocycles. The lowest BCUT2D eigenvalue weighted by atomic mass is 10.0. The van der Waals surface area contributed by atoms with Gasteiger partial charge in [0.25, 0.3) is 0 Å². The Bertz CT molecular complexity index is 938.